The molecule has 0 unspecified atom stereocenters. The van der Waals surface area contributed by atoms with E-state index in [1.54, 1.807) is 25.2 Å². The average Bonchev–Trinajstić information content (AvgIpc) is 3.04. The highest BCUT2D eigenvalue weighted by molar-refractivity contribution is 6.35. The number of carbonyl (C=O) groups excluding carboxylic acids is 3. The van der Waals surface area contributed by atoms with Crippen LogP contribution in [0.25, 0.3) is 0 Å². The van der Waals surface area contributed by atoms with E-state index in [0.29, 0.717) is 30.0 Å². The number of rotatable bonds is 6. The molecular formula is C29H27N3O5. The van der Waals surface area contributed by atoms with Crippen molar-refractivity contribution in [2.75, 3.05) is 31.7 Å². The first-order valence-corrected chi connectivity index (χ1v) is 11.8. The molecule has 0 spiro atoms. The standard InChI is InChI=1S/C29H27N3O5/c1-32-25-19-22(11-8-18-36-23-12-6-3-7-13-23)14-15-26(25)37-20-24(29(32)35)31-28(34)27(33)30-17-16-21-9-4-2-5-10-21/h2-7,9-10,12-15,19,24H,16-18,20H2,1H3,(H,30,33)(H,31,34)/t24-/m0/s1. The summed E-state index contributed by atoms with van der Waals surface area (Å²) in [6.45, 7) is 0.417. The molecule has 0 saturated heterocycles. The molecule has 37 heavy (non-hydrogen) atoms. The van der Waals surface area contributed by atoms with Crippen molar-refractivity contribution in [2.24, 2.45) is 0 Å². The topological polar surface area (TPSA) is 97.0 Å². The molecule has 0 fully saturated rings. The number of carbonyl (C=O) groups is 3. The molecule has 188 valence electrons. The number of ether oxygens (including phenoxy) is 2. The van der Waals surface area contributed by atoms with Crippen LogP contribution in [0.1, 0.15) is 11.1 Å². The summed E-state index contributed by atoms with van der Waals surface area (Å²) in [5.74, 6) is 5.09. The number of para-hydroxylation sites is 1. The van der Waals surface area contributed by atoms with Crippen molar-refractivity contribution >= 4 is 23.4 Å². The smallest absolute Gasteiger partial charge is 0.310 e. The highest BCUT2D eigenvalue weighted by Crippen LogP contribution is 2.31. The minimum Gasteiger partial charge on any atom is -0.489 e. The summed E-state index contributed by atoms with van der Waals surface area (Å²) < 4.78 is 11.4. The third-order valence-corrected chi connectivity index (χ3v) is 5.70. The lowest BCUT2D eigenvalue weighted by Crippen LogP contribution is -2.53. The Hall–Kier alpha value is -4.77. The Morgan fingerprint density at radius 2 is 1.76 bits per heavy atom. The zero-order chi connectivity index (χ0) is 26.0. The SMILES string of the molecule is CN1C(=O)[C@@H](NC(=O)C(=O)NCCc2ccccc2)COc2ccc(C#CCOc3ccccc3)cc21. The first kappa shape index (κ1) is 25.3. The van der Waals surface area contributed by atoms with E-state index in [-0.39, 0.29) is 13.2 Å². The maximum atomic E-state index is 13.0. The predicted octanol–water partition coefficient (Wildman–Crippen LogP) is 2.32. The number of hydrogen-bond donors (Lipinski definition) is 2. The summed E-state index contributed by atoms with van der Waals surface area (Å²) in [6, 6.07) is 23.2. The fourth-order valence-corrected chi connectivity index (χ4v) is 3.72. The van der Waals surface area contributed by atoms with Crippen LogP contribution in [-0.2, 0) is 20.8 Å². The van der Waals surface area contributed by atoms with E-state index in [1.807, 2.05) is 60.7 Å². The van der Waals surface area contributed by atoms with Crippen LogP contribution in [0.5, 0.6) is 11.5 Å². The van der Waals surface area contributed by atoms with Gasteiger partial charge in [-0.2, -0.15) is 0 Å². The molecule has 8 nitrogen and oxygen atoms in total. The molecule has 0 aromatic heterocycles. The van der Waals surface area contributed by atoms with Crippen molar-refractivity contribution in [3.05, 3.63) is 90.0 Å². The minimum atomic E-state index is -1.02. The molecule has 0 bridgehead atoms. The van der Waals surface area contributed by atoms with E-state index in [0.717, 1.165) is 11.3 Å². The van der Waals surface area contributed by atoms with E-state index in [1.165, 1.54) is 4.90 Å². The summed E-state index contributed by atoms with van der Waals surface area (Å²) in [4.78, 5) is 39.1. The van der Waals surface area contributed by atoms with E-state index >= 15 is 0 Å². The Balaban J connectivity index is 1.32. The lowest BCUT2D eigenvalue weighted by molar-refractivity contribution is -0.140. The number of nitrogens with one attached hydrogen (secondary N) is 2. The number of nitrogens with zero attached hydrogens (tertiary/aromatic N) is 1. The van der Waals surface area contributed by atoms with Gasteiger partial charge in [0.05, 0.1) is 5.69 Å². The normalized spacial score (nSPS) is 14.2. The highest BCUT2D eigenvalue weighted by atomic mass is 16.5. The largest absolute Gasteiger partial charge is 0.489 e. The summed E-state index contributed by atoms with van der Waals surface area (Å²) in [5.41, 5.74) is 2.24. The van der Waals surface area contributed by atoms with Gasteiger partial charge in [0.15, 0.2) is 0 Å². The Morgan fingerprint density at radius 1 is 1.03 bits per heavy atom. The van der Waals surface area contributed by atoms with Crippen molar-refractivity contribution in [1.29, 1.82) is 0 Å². The molecule has 8 heteroatoms. The van der Waals surface area contributed by atoms with E-state index in [2.05, 4.69) is 22.5 Å². The molecule has 1 heterocycles. The molecule has 3 aromatic rings. The quantitative estimate of drug-likeness (QED) is 0.403. The van der Waals surface area contributed by atoms with Gasteiger partial charge in [-0.1, -0.05) is 60.4 Å². The van der Waals surface area contributed by atoms with Crippen LogP contribution in [0.4, 0.5) is 5.69 Å². The van der Waals surface area contributed by atoms with Crippen molar-refractivity contribution in [3.8, 4) is 23.3 Å². The van der Waals surface area contributed by atoms with Gasteiger partial charge in [-0.3, -0.25) is 14.4 Å². The first-order valence-electron chi connectivity index (χ1n) is 11.8. The third-order valence-electron chi connectivity index (χ3n) is 5.70. The van der Waals surface area contributed by atoms with Crippen LogP contribution in [0.3, 0.4) is 0 Å². The van der Waals surface area contributed by atoms with Gasteiger partial charge < -0.3 is 25.0 Å². The van der Waals surface area contributed by atoms with Gasteiger partial charge in [-0.05, 0) is 42.3 Å². The van der Waals surface area contributed by atoms with Crippen LogP contribution in [0.15, 0.2) is 78.9 Å². The molecule has 3 amide bonds. The second-order valence-corrected chi connectivity index (χ2v) is 8.31. The molecule has 0 aliphatic carbocycles. The lowest BCUT2D eigenvalue weighted by atomic mass is 10.1. The zero-order valence-corrected chi connectivity index (χ0v) is 20.4. The second-order valence-electron chi connectivity index (χ2n) is 8.31. The monoisotopic (exact) mass is 497 g/mol. The maximum absolute atomic E-state index is 13.0. The van der Waals surface area contributed by atoms with E-state index < -0.39 is 23.8 Å². The molecule has 1 aliphatic heterocycles. The number of hydrogen-bond acceptors (Lipinski definition) is 5. The van der Waals surface area contributed by atoms with E-state index in [9.17, 15) is 14.4 Å². The molecular weight excluding hydrogens is 470 g/mol. The van der Waals surface area contributed by atoms with Gasteiger partial charge in [-0.25, -0.2) is 0 Å². The van der Waals surface area contributed by atoms with Gasteiger partial charge in [0.25, 0.3) is 5.91 Å². The van der Waals surface area contributed by atoms with Crippen molar-refractivity contribution in [1.82, 2.24) is 10.6 Å². The van der Waals surface area contributed by atoms with E-state index in [4.69, 9.17) is 9.47 Å². The minimum absolute atomic E-state index is 0.102. The van der Waals surface area contributed by atoms with Crippen LogP contribution >= 0.6 is 0 Å². The van der Waals surface area contributed by atoms with Crippen LogP contribution in [0, 0.1) is 11.8 Å². The number of benzene rings is 3. The molecule has 1 atom stereocenters. The van der Waals surface area contributed by atoms with Crippen molar-refractivity contribution < 1.29 is 23.9 Å². The van der Waals surface area contributed by atoms with Gasteiger partial charge in [-0.15, -0.1) is 0 Å². The molecule has 0 saturated carbocycles. The van der Waals surface area contributed by atoms with Gasteiger partial charge >= 0.3 is 11.8 Å². The van der Waals surface area contributed by atoms with Crippen LogP contribution < -0.4 is 25.0 Å². The Labute approximate surface area is 215 Å². The van der Waals surface area contributed by atoms with Crippen LogP contribution in [0.2, 0.25) is 0 Å². The summed E-state index contributed by atoms with van der Waals surface area (Å²) in [5, 5.41) is 5.06. The molecule has 0 radical (unpaired) electrons. The van der Waals surface area contributed by atoms with Gasteiger partial charge in [0.2, 0.25) is 0 Å². The summed E-state index contributed by atoms with van der Waals surface area (Å²) >= 11 is 0. The molecule has 3 aromatic carbocycles. The van der Waals surface area contributed by atoms with Crippen molar-refractivity contribution in [3.63, 3.8) is 0 Å². The third kappa shape index (κ3) is 6.89. The second kappa shape index (κ2) is 12.3. The Morgan fingerprint density at radius 3 is 2.51 bits per heavy atom. The van der Waals surface area contributed by atoms with Crippen molar-refractivity contribution in [2.45, 2.75) is 12.5 Å². The number of amides is 3. The van der Waals surface area contributed by atoms with Gasteiger partial charge in [0.1, 0.15) is 30.8 Å². The zero-order valence-electron chi connectivity index (χ0n) is 20.4. The Kier molecular flexibility index (Phi) is 8.40. The highest BCUT2D eigenvalue weighted by Gasteiger charge is 2.32. The number of fused-ring (bicyclic) bond motifs is 1. The number of likely N-dealkylation sites (N-methyl/N-ethyl adjacent to an activating group) is 1. The fourth-order valence-electron chi connectivity index (χ4n) is 3.72. The Bertz CT molecular complexity index is 1320. The predicted molar refractivity (Wildman–Crippen MR) is 139 cm³/mol. The first-order chi connectivity index (χ1) is 18.0. The summed E-state index contributed by atoms with van der Waals surface area (Å²) in [6.07, 6.45) is 0.590. The lowest BCUT2D eigenvalue weighted by Gasteiger charge is -2.20. The maximum Gasteiger partial charge on any atom is 0.310 e. The number of anilines is 1. The molecule has 1 aliphatic rings. The molecule has 4 rings (SSSR count). The molecule has 2 N–H and O–H groups in total. The van der Waals surface area contributed by atoms with Gasteiger partial charge in [0, 0.05) is 19.2 Å². The fraction of sp³-hybridized carbons (Fsp3) is 0.207. The van der Waals surface area contributed by atoms with Crippen LogP contribution in [-0.4, -0.2) is 50.6 Å². The average molecular weight is 498 g/mol. The summed E-state index contributed by atoms with van der Waals surface area (Å²) in [7, 11) is 1.59.